The highest BCUT2D eigenvalue weighted by atomic mass is 32.2. The number of hydrogen-bond donors (Lipinski definition) is 0. The normalized spacial score (nSPS) is 10.1. The molecule has 0 fully saturated rings. The zero-order valence-corrected chi connectivity index (χ0v) is 9.32. The first-order chi connectivity index (χ1) is 6.00. The molecule has 0 amide bonds. The Bertz CT molecular complexity index is 350. The minimum atomic E-state index is -0.165. The van der Waals surface area contributed by atoms with E-state index in [0.717, 1.165) is 31.6 Å². The highest BCUT2D eigenvalue weighted by Crippen LogP contribution is 2.37. The molecule has 0 spiro atoms. The maximum atomic E-state index is 12.9. The van der Waals surface area contributed by atoms with Crippen molar-refractivity contribution >= 4 is 28.7 Å². The van der Waals surface area contributed by atoms with Gasteiger partial charge in [-0.25, -0.2) is 0 Å². The molecule has 0 atom stereocenters. The van der Waals surface area contributed by atoms with E-state index in [0.29, 0.717) is 0 Å². The maximum Gasteiger partial charge on any atom is 0.178 e. The van der Waals surface area contributed by atoms with Gasteiger partial charge >= 0.3 is 0 Å². The van der Waals surface area contributed by atoms with Crippen LogP contribution >= 0.6 is 23.1 Å². The van der Waals surface area contributed by atoms with Crippen molar-refractivity contribution in [2.45, 2.75) is 18.1 Å². The Balaban J connectivity index is 3.04. The minimum Gasteiger partial charge on any atom is -0.195 e. The summed E-state index contributed by atoms with van der Waals surface area (Å²) in [7, 11) is 0. The van der Waals surface area contributed by atoms with Gasteiger partial charge in [0, 0.05) is 5.56 Å². The molecule has 3 heteroatoms. The average Bonchev–Trinajstić information content (AvgIpc) is 2.29. The van der Waals surface area contributed by atoms with Crippen LogP contribution in [0.4, 0.5) is 4.39 Å². The fraction of sp³-hybridized carbons (Fsp3) is 0.200. The average molecular weight is 214 g/mol. The van der Waals surface area contributed by atoms with Crippen molar-refractivity contribution in [3.8, 4) is 0 Å². The van der Waals surface area contributed by atoms with Gasteiger partial charge in [-0.3, -0.25) is 0 Å². The van der Waals surface area contributed by atoms with Crippen molar-refractivity contribution in [1.82, 2.24) is 0 Å². The number of hydrogen-bond acceptors (Lipinski definition) is 2. The number of thiophene rings is 1. The van der Waals surface area contributed by atoms with Crippen LogP contribution in [0.2, 0.25) is 0 Å². The van der Waals surface area contributed by atoms with Gasteiger partial charge in [0.1, 0.15) is 0 Å². The molecule has 0 saturated carbocycles. The first kappa shape index (κ1) is 10.5. The molecular formula is C10H11FS2. The Kier molecular flexibility index (Phi) is 3.33. The number of allylic oxidation sites excluding steroid dienone is 2. The molecule has 0 aliphatic rings. The smallest absolute Gasteiger partial charge is 0.178 e. The van der Waals surface area contributed by atoms with Crippen molar-refractivity contribution < 1.29 is 4.39 Å². The Hall–Kier alpha value is -0.540. The van der Waals surface area contributed by atoms with E-state index in [9.17, 15) is 4.39 Å². The predicted octanol–water partition coefficient (Wildman–Crippen LogP) is 4.55. The fourth-order valence-corrected chi connectivity index (χ4v) is 3.07. The molecule has 1 aromatic heterocycles. The van der Waals surface area contributed by atoms with Gasteiger partial charge in [0.15, 0.2) is 5.13 Å². The molecule has 0 aliphatic carbocycles. The molecule has 0 bridgehead atoms. The third-order valence-electron chi connectivity index (χ3n) is 1.39. The van der Waals surface area contributed by atoms with E-state index in [-0.39, 0.29) is 5.13 Å². The van der Waals surface area contributed by atoms with Crippen molar-refractivity contribution in [3.63, 3.8) is 0 Å². The summed E-state index contributed by atoms with van der Waals surface area (Å²) < 4.78 is 13.9. The van der Waals surface area contributed by atoms with Gasteiger partial charge in [0.2, 0.25) is 0 Å². The van der Waals surface area contributed by atoms with Crippen LogP contribution in [-0.2, 0) is 0 Å². The van der Waals surface area contributed by atoms with Gasteiger partial charge in [0.05, 0.1) is 4.21 Å². The monoisotopic (exact) mass is 214 g/mol. The number of rotatable bonds is 3. The quantitative estimate of drug-likeness (QED) is 0.665. The van der Waals surface area contributed by atoms with Crippen LogP contribution in [0.25, 0.3) is 5.57 Å². The summed E-state index contributed by atoms with van der Waals surface area (Å²) in [5.41, 5.74) is 1.79. The Morgan fingerprint density at radius 1 is 1.46 bits per heavy atom. The first-order valence-corrected chi connectivity index (χ1v) is 5.42. The molecule has 1 aromatic rings. The second-order valence-electron chi connectivity index (χ2n) is 2.84. The van der Waals surface area contributed by atoms with Crippen LogP contribution in [0.5, 0.6) is 0 Å². The summed E-state index contributed by atoms with van der Waals surface area (Å²) in [6.07, 6.45) is 0. The molecule has 0 unspecified atom stereocenters. The summed E-state index contributed by atoms with van der Waals surface area (Å²) in [5.74, 6) is 0. The third-order valence-corrected chi connectivity index (χ3v) is 3.37. The zero-order chi connectivity index (χ0) is 10.0. The van der Waals surface area contributed by atoms with Gasteiger partial charge in [-0.1, -0.05) is 36.3 Å². The van der Waals surface area contributed by atoms with Gasteiger partial charge in [-0.05, 0) is 30.4 Å². The second-order valence-corrected chi connectivity index (χ2v) is 5.41. The summed E-state index contributed by atoms with van der Waals surface area (Å²) in [5, 5.41) is -0.165. The van der Waals surface area contributed by atoms with E-state index in [2.05, 4.69) is 13.2 Å². The topological polar surface area (TPSA) is 0 Å². The standard InChI is InChI=1S/C10H11FS2/c1-6(2)8-5-9(11)13-10(8)12-7(3)4/h5H,1,3H2,2,4H3. The summed E-state index contributed by atoms with van der Waals surface area (Å²) in [4.78, 5) is 0.962. The van der Waals surface area contributed by atoms with E-state index in [4.69, 9.17) is 0 Å². The third kappa shape index (κ3) is 2.71. The molecule has 0 aliphatic heterocycles. The van der Waals surface area contributed by atoms with Crippen LogP contribution in [0.3, 0.4) is 0 Å². The van der Waals surface area contributed by atoms with Gasteiger partial charge in [0.25, 0.3) is 0 Å². The summed E-state index contributed by atoms with van der Waals surface area (Å²) in [6.45, 7) is 11.4. The molecular weight excluding hydrogens is 203 g/mol. The fourth-order valence-electron chi connectivity index (χ4n) is 0.877. The first-order valence-electron chi connectivity index (χ1n) is 3.79. The molecule has 0 N–H and O–H groups in total. The lowest BCUT2D eigenvalue weighted by molar-refractivity contribution is 0.657. The van der Waals surface area contributed by atoms with E-state index in [1.54, 1.807) is 0 Å². The highest BCUT2D eigenvalue weighted by Gasteiger charge is 2.09. The molecule has 1 heterocycles. The lowest BCUT2D eigenvalue weighted by atomic mass is 10.2. The van der Waals surface area contributed by atoms with E-state index >= 15 is 0 Å². The zero-order valence-electron chi connectivity index (χ0n) is 7.69. The lowest BCUT2D eigenvalue weighted by Gasteiger charge is -2.00. The van der Waals surface area contributed by atoms with Crippen molar-refractivity contribution in [1.29, 1.82) is 0 Å². The van der Waals surface area contributed by atoms with Gasteiger partial charge in [-0.2, -0.15) is 4.39 Å². The summed E-state index contributed by atoms with van der Waals surface area (Å²) >= 11 is 2.64. The van der Waals surface area contributed by atoms with E-state index in [1.165, 1.54) is 17.8 Å². The molecule has 0 nitrogen and oxygen atoms in total. The Morgan fingerprint density at radius 2 is 2.08 bits per heavy atom. The van der Waals surface area contributed by atoms with Crippen LogP contribution in [0, 0.1) is 5.13 Å². The molecule has 0 saturated heterocycles. The second kappa shape index (κ2) is 4.11. The molecule has 1 rings (SSSR count). The lowest BCUT2D eigenvalue weighted by Crippen LogP contribution is -1.74. The number of halogens is 1. The minimum absolute atomic E-state index is 0.165. The number of thioether (sulfide) groups is 1. The van der Waals surface area contributed by atoms with Gasteiger partial charge < -0.3 is 0 Å². The predicted molar refractivity (Wildman–Crippen MR) is 59.7 cm³/mol. The summed E-state index contributed by atoms with van der Waals surface area (Å²) in [6, 6.07) is 1.53. The van der Waals surface area contributed by atoms with Crippen molar-refractivity contribution in [2.24, 2.45) is 0 Å². The largest absolute Gasteiger partial charge is 0.195 e. The SMILES string of the molecule is C=C(C)Sc1sc(F)cc1C(=C)C. The van der Waals surface area contributed by atoms with Crippen LogP contribution in [0.1, 0.15) is 19.4 Å². The molecule has 13 heavy (non-hydrogen) atoms. The molecule has 0 radical (unpaired) electrons. The van der Waals surface area contributed by atoms with Crippen LogP contribution in [0.15, 0.2) is 28.3 Å². The van der Waals surface area contributed by atoms with Gasteiger partial charge in [-0.15, -0.1) is 0 Å². The van der Waals surface area contributed by atoms with Crippen LogP contribution < -0.4 is 0 Å². The van der Waals surface area contributed by atoms with E-state index < -0.39 is 0 Å². The molecule has 70 valence electrons. The maximum absolute atomic E-state index is 12.9. The Labute approximate surface area is 86.2 Å². The van der Waals surface area contributed by atoms with Crippen LogP contribution in [-0.4, -0.2) is 0 Å². The van der Waals surface area contributed by atoms with E-state index in [1.807, 2.05) is 13.8 Å². The van der Waals surface area contributed by atoms with Crippen molar-refractivity contribution in [2.75, 3.05) is 0 Å². The Morgan fingerprint density at radius 3 is 2.54 bits per heavy atom. The van der Waals surface area contributed by atoms with Crippen molar-refractivity contribution in [3.05, 3.63) is 34.8 Å². The highest BCUT2D eigenvalue weighted by molar-refractivity contribution is 8.04. The molecule has 0 aromatic carbocycles.